The molecule has 112 valence electrons. The number of benzene rings is 1. The van der Waals surface area contributed by atoms with E-state index in [0.717, 1.165) is 24.2 Å². The van der Waals surface area contributed by atoms with Crippen molar-refractivity contribution in [2.24, 2.45) is 0 Å². The second-order valence-electron chi connectivity index (χ2n) is 4.93. The van der Waals surface area contributed by atoms with Crippen LogP contribution in [-0.2, 0) is 13.1 Å². The summed E-state index contributed by atoms with van der Waals surface area (Å²) in [5.41, 5.74) is 0.00694. The van der Waals surface area contributed by atoms with Gasteiger partial charge in [-0.15, -0.1) is 0 Å². The zero-order valence-electron chi connectivity index (χ0n) is 12.4. The summed E-state index contributed by atoms with van der Waals surface area (Å²) >= 11 is 0. The van der Waals surface area contributed by atoms with Crippen LogP contribution in [0.3, 0.4) is 0 Å². The lowest BCUT2D eigenvalue weighted by Crippen LogP contribution is -2.40. The maximum absolute atomic E-state index is 12.1. The first kappa shape index (κ1) is 15.1. The summed E-state index contributed by atoms with van der Waals surface area (Å²) < 4.78 is 8.01. The van der Waals surface area contributed by atoms with Gasteiger partial charge in [0.15, 0.2) is 0 Å². The van der Waals surface area contributed by atoms with Crippen molar-refractivity contribution in [2.75, 3.05) is 7.11 Å². The quantitative estimate of drug-likeness (QED) is 0.762. The van der Waals surface area contributed by atoms with E-state index in [2.05, 4.69) is 6.92 Å². The lowest BCUT2D eigenvalue weighted by Gasteiger charge is -2.09. The van der Waals surface area contributed by atoms with Gasteiger partial charge in [0, 0.05) is 18.9 Å². The van der Waals surface area contributed by atoms with Gasteiger partial charge in [-0.2, -0.15) is 0 Å². The summed E-state index contributed by atoms with van der Waals surface area (Å²) in [6.45, 7) is 3.02. The SMILES string of the molecule is CCCCn1ccn(Cc2ccc(OC)cc2)c(=O)c1=O. The molecular formula is C16H20N2O3. The van der Waals surface area contributed by atoms with Gasteiger partial charge in [-0.05, 0) is 24.1 Å². The average Bonchev–Trinajstić information content (AvgIpc) is 2.52. The number of aryl methyl sites for hydroxylation is 1. The van der Waals surface area contributed by atoms with Crippen molar-refractivity contribution in [2.45, 2.75) is 32.9 Å². The fourth-order valence-electron chi connectivity index (χ4n) is 2.10. The summed E-state index contributed by atoms with van der Waals surface area (Å²) in [6, 6.07) is 7.44. The van der Waals surface area contributed by atoms with Crippen molar-refractivity contribution < 1.29 is 4.74 Å². The second-order valence-corrected chi connectivity index (χ2v) is 4.93. The topological polar surface area (TPSA) is 53.2 Å². The molecule has 0 amide bonds. The number of methoxy groups -OCH3 is 1. The van der Waals surface area contributed by atoms with E-state index in [-0.39, 0.29) is 0 Å². The minimum atomic E-state index is -0.482. The second kappa shape index (κ2) is 6.92. The van der Waals surface area contributed by atoms with Crippen LogP contribution in [0.25, 0.3) is 0 Å². The Morgan fingerprint density at radius 2 is 1.62 bits per heavy atom. The molecule has 0 fully saturated rings. The van der Waals surface area contributed by atoms with E-state index in [9.17, 15) is 9.59 Å². The van der Waals surface area contributed by atoms with Crippen molar-refractivity contribution in [1.82, 2.24) is 9.13 Å². The summed E-state index contributed by atoms with van der Waals surface area (Å²) in [4.78, 5) is 24.1. The molecule has 0 bridgehead atoms. The van der Waals surface area contributed by atoms with Gasteiger partial charge in [0.25, 0.3) is 0 Å². The Hall–Kier alpha value is -2.30. The predicted octanol–water partition coefficient (Wildman–Crippen LogP) is 1.87. The molecule has 0 saturated carbocycles. The number of nitrogens with zero attached hydrogens (tertiary/aromatic N) is 2. The molecule has 0 unspecified atom stereocenters. The Morgan fingerprint density at radius 1 is 1.00 bits per heavy atom. The minimum Gasteiger partial charge on any atom is -0.497 e. The van der Waals surface area contributed by atoms with E-state index in [4.69, 9.17) is 4.74 Å². The van der Waals surface area contributed by atoms with Crippen LogP contribution in [0.4, 0.5) is 0 Å². The molecule has 0 spiro atoms. The Kier molecular flexibility index (Phi) is 4.98. The highest BCUT2D eigenvalue weighted by atomic mass is 16.5. The van der Waals surface area contributed by atoms with E-state index in [0.29, 0.717) is 13.1 Å². The van der Waals surface area contributed by atoms with Gasteiger partial charge in [0.05, 0.1) is 13.7 Å². The first-order chi connectivity index (χ1) is 10.2. The number of unbranched alkanes of at least 4 members (excludes halogenated alkanes) is 1. The van der Waals surface area contributed by atoms with Crippen molar-refractivity contribution in [3.63, 3.8) is 0 Å². The lowest BCUT2D eigenvalue weighted by atomic mass is 10.2. The third kappa shape index (κ3) is 3.62. The van der Waals surface area contributed by atoms with E-state index >= 15 is 0 Å². The molecule has 0 atom stereocenters. The van der Waals surface area contributed by atoms with Crippen LogP contribution < -0.4 is 15.9 Å². The third-order valence-electron chi connectivity index (χ3n) is 3.40. The zero-order valence-corrected chi connectivity index (χ0v) is 12.4. The first-order valence-corrected chi connectivity index (χ1v) is 7.08. The highest BCUT2D eigenvalue weighted by molar-refractivity contribution is 5.27. The van der Waals surface area contributed by atoms with Crippen molar-refractivity contribution in [1.29, 1.82) is 0 Å². The highest BCUT2D eigenvalue weighted by Gasteiger charge is 2.05. The molecule has 0 aliphatic rings. The van der Waals surface area contributed by atoms with Crippen molar-refractivity contribution in [3.05, 3.63) is 62.9 Å². The number of hydrogen-bond acceptors (Lipinski definition) is 3. The summed E-state index contributed by atoms with van der Waals surface area (Å²) in [6.07, 6.45) is 5.23. The molecule has 21 heavy (non-hydrogen) atoms. The van der Waals surface area contributed by atoms with Gasteiger partial charge in [-0.3, -0.25) is 9.59 Å². The summed E-state index contributed by atoms with van der Waals surface area (Å²) in [5.74, 6) is 0.765. The number of ether oxygens (including phenoxy) is 1. The maximum atomic E-state index is 12.1. The van der Waals surface area contributed by atoms with Crippen LogP contribution in [0, 0.1) is 0 Å². The molecule has 0 aliphatic carbocycles. The van der Waals surface area contributed by atoms with Crippen LogP contribution in [0.2, 0.25) is 0 Å². The van der Waals surface area contributed by atoms with Gasteiger partial charge in [-0.1, -0.05) is 25.5 Å². The molecule has 0 radical (unpaired) electrons. The number of rotatable bonds is 6. The zero-order chi connectivity index (χ0) is 15.2. The lowest BCUT2D eigenvalue weighted by molar-refractivity contribution is 0.414. The van der Waals surface area contributed by atoms with E-state index in [1.165, 1.54) is 9.13 Å². The molecule has 0 saturated heterocycles. The molecule has 1 aromatic carbocycles. The fraction of sp³-hybridized carbons (Fsp3) is 0.375. The van der Waals surface area contributed by atoms with Crippen LogP contribution in [-0.4, -0.2) is 16.2 Å². The third-order valence-corrected chi connectivity index (χ3v) is 3.40. The molecule has 2 aromatic rings. The van der Waals surface area contributed by atoms with Gasteiger partial charge in [-0.25, -0.2) is 0 Å². The molecule has 0 N–H and O–H groups in total. The Balaban J connectivity index is 2.22. The van der Waals surface area contributed by atoms with Crippen LogP contribution >= 0.6 is 0 Å². The molecule has 1 heterocycles. The van der Waals surface area contributed by atoms with E-state index in [1.54, 1.807) is 19.5 Å². The normalized spacial score (nSPS) is 10.6. The van der Waals surface area contributed by atoms with Crippen molar-refractivity contribution >= 4 is 0 Å². The predicted molar refractivity (Wildman–Crippen MR) is 82.0 cm³/mol. The van der Waals surface area contributed by atoms with Gasteiger partial charge in [0.1, 0.15) is 5.75 Å². The van der Waals surface area contributed by atoms with Gasteiger partial charge in [0.2, 0.25) is 0 Å². The molecule has 2 rings (SSSR count). The molecule has 5 heteroatoms. The fourth-order valence-corrected chi connectivity index (χ4v) is 2.10. The Morgan fingerprint density at radius 3 is 2.24 bits per heavy atom. The Bertz CT molecular complexity index is 699. The largest absolute Gasteiger partial charge is 0.497 e. The first-order valence-electron chi connectivity index (χ1n) is 7.08. The van der Waals surface area contributed by atoms with Gasteiger partial charge < -0.3 is 13.9 Å². The Labute approximate surface area is 123 Å². The molecule has 5 nitrogen and oxygen atoms in total. The number of hydrogen-bond donors (Lipinski definition) is 0. The highest BCUT2D eigenvalue weighted by Crippen LogP contribution is 2.11. The average molecular weight is 288 g/mol. The monoisotopic (exact) mass is 288 g/mol. The van der Waals surface area contributed by atoms with Crippen LogP contribution in [0.1, 0.15) is 25.3 Å². The minimum absolute atomic E-state index is 0.382. The van der Waals surface area contributed by atoms with Crippen molar-refractivity contribution in [3.8, 4) is 5.75 Å². The number of aromatic nitrogens is 2. The standard InChI is InChI=1S/C16H20N2O3/c1-3-4-9-17-10-11-18(16(20)15(17)19)12-13-5-7-14(21-2)8-6-13/h5-8,10-11H,3-4,9,12H2,1-2H3. The van der Waals surface area contributed by atoms with Gasteiger partial charge >= 0.3 is 11.1 Å². The van der Waals surface area contributed by atoms with E-state index in [1.807, 2.05) is 24.3 Å². The molecule has 1 aromatic heterocycles. The van der Waals surface area contributed by atoms with E-state index < -0.39 is 11.1 Å². The summed E-state index contributed by atoms with van der Waals surface area (Å²) in [7, 11) is 1.61. The van der Waals surface area contributed by atoms with Crippen LogP contribution in [0.5, 0.6) is 5.75 Å². The molecule has 0 aliphatic heterocycles. The smallest absolute Gasteiger partial charge is 0.316 e. The summed E-state index contributed by atoms with van der Waals surface area (Å²) in [5, 5.41) is 0. The van der Waals surface area contributed by atoms with Crippen LogP contribution in [0.15, 0.2) is 46.2 Å². The maximum Gasteiger partial charge on any atom is 0.316 e. The molecular weight excluding hydrogens is 268 g/mol.